The summed E-state index contributed by atoms with van der Waals surface area (Å²) in [6.07, 6.45) is 27.1. The van der Waals surface area contributed by atoms with E-state index in [0.717, 1.165) is 44.5 Å². The van der Waals surface area contributed by atoms with Gasteiger partial charge >= 0.3 is 40.9 Å². The average molecular weight is 1240 g/mol. The van der Waals surface area contributed by atoms with Crippen LogP contribution in [0.25, 0.3) is 90.9 Å². The van der Waals surface area contributed by atoms with Gasteiger partial charge in [-0.05, 0) is 154 Å². The molecule has 2 aliphatic heterocycles. The van der Waals surface area contributed by atoms with Crippen LogP contribution in [0.4, 0.5) is 0 Å². The number of aryl methyl sites for hydroxylation is 4. The van der Waals surface area contributed by atoms with Gasteiger partial charge in [0.25, 0.3) is 0 Å². The Morgan fingerprint density at radius 3 is 0.775 bits per heavy atom. The van der Waals surface area contributed by atoms with Gasteiger partial charge in [-0.1, -0.05) is 24.3 Å². The van der Waals surface area contributed by atoms with Gasteiger partial charge < -0.3 is 28.9 Å². The van der Waals surface area contributed by atoms with Crippen LogP contribution in [0, 0.1) is 21.7 Å². The minimum atomic E-state index is -0.598. The molecule has 0 amide bonds. The third-order valence-corrected chi connectivity index (χ3v) is 14.8. The van der Waals surface area contributed by atoms with Crippen molar-refractivity contribution in [3.8, 4) is 44.5 Å². The molecule has 0 unspecified atom stereocenters. The van der Waals surface area contributed by atoms with Crippen LogP contribution < -0.4 is 28.2 Å². The van der Waals surface area contributed by atoms with Crippen molar-refractivity contribution >= 4 is 70.2 Å². The Morgan fingerprint density at radius 2 is 0.573 bits per heavy atom. The number of rotatable bonds is 20. The summed E-state index contributed by atoms with van der Waals surface area (Å²) in [6, 6.07) is 24.5. The summed E-state index contributed by atoms with van der Waals surface area (Å²) in [7, 11) is 0. The summed E-state index contributed by atoms with van der Waals surface area (Å²) in [6.45, 7) is 25.8. The molecule has 0 aliphatic carbocycles. The van der Waals surface area contributed by atoms with Gasteiger partial charge in [-0.25, -0.2) is 28.2 Å². The zero-order chi connectivity index (χ0) is 63.0. The molecule has 0 saturated heterocycles. The molecule has 1 radical (unpaired) electrons. The standard InChI is InChI=1S/C72H84N8O8.Mn/c1-69(2,3)65(81)85-41-17-37-77-33-13-21-49(45-77)61-53-25-27-55(73-53)62(50-22-14-34-78(46-50)38-18-42-86-66(82)70(4,5)6)57-29-31-59(75-57)64(52-24-16-36-80(48-52)40-20-44-88-68(84)72(10,11)12)60-32-30-58(76-60)63(56-28-26-54(61)74-56)51-23-15-35-79(47-51)39-19-43-87-67(83)71(7,8)9;/h13-16,21-36,45-48H,17-20,37-44H2,1-12H3;/q2*+2. The minimum Gasteiger partial charge on any atom is -0.657 e. The van der Waals surface area contributed by atoms with E-state index in [1.807, 2.05) is 181 Å². The van der Waals surface area contributed by atoms with Gasteiger partial charge in [0.15, 0.2) is 75.8 Å². The number of pyridine rings is 4. The molecule has 9 rings (SSSR count). The Labute approximate surface area is 533 Å². The zero-order valence-electron chi connectivity index (χ0n) is 53.6. The first-order valence-corrected chi connectivity index (χ1v) is 30.5. The maximum Gasteiger partial charge on any atom is 2.00 e. The first kappa shape index (κ1) is 66.6. The van der Waals surface area contributed by atoms with Crippen LogP contribution in [0.5, 0.6) is 0 Å². The SMILES string of the molecule is CC(C)(C)C(=O)OCCC[n+]1cccc(-c2c3nc(c(-c4ccc[n+](CCCOC(=O)C(C)(C)C)c4)c4ccc([n-]4)c(-c4ccc[n+](CCCOC(=O)C(C)(C)C)c4)c4nc(c(-c5ccc[n+](CCCOC(=O)C(C)(C)C)c5)c5ccc2[n-]5)C=C4)C=C3)c1.[Mn+2]. The van der Waals surface area contributed by atoms with E-state index in [9.17, 15) is 19.2 Å². The van der Waals surface area contributed by atoms with E-state index >= 15 is 0 Å². The van der Waals surface area contributed by atoms with Crippen LogP contribution >= 0.6 is 0 Å². The maximum absolute atomic E-state index is 12.7. The topological polar surface area (TPSA) is 175 Å². The summed E-state index contributed by atoms with van der Waals surface area (Å²) in [4.78, 5) is 72.9. The molecule has 2 aliphatic rings. The monoisotopic (exact) mass is 1240 g/mol. The predicted molar refractivity (Wildman–Crippen MR) is 339 cm³/mol. The number of carbonyl (C=O) groups is 4. The molecule has 0 atom stereocenters. The predicted octanol–water partition coefficient (Wildman–Crippen LogP) is 11.6. The first-order chi connectivity index (χ1) is 41.8. The van der Waals surface area contributed by atoms with Gasteiger partial charge in [0.1, 0.15) is 0 Å². The largest absolute Gasteiger partial charge is 2.00 e. The first-order valence-electron chi connectivity index (χ1n) is 30.5. The fourth-order valence-electron chi connectivity index (χ4n) is 10.0. The van der Waals surface area contributed by atoms with E-state index in [2.05, 4.69) is 67.3 Å². The van der Waals surface area contributed by atoms with Crippen molar-refractivity contribution in [3.05, 3.63) is 145 Å². The quantitative estimate of drug-likeness (QED) is 0.0232. The van der Waals surface area contributed by atoms with Crippen LogP contribution in [0.15, 0.2) is 122 Å². The van der Waals surface area contributed by atoms with Crippen LogP contribution in [-0.2, 0) is 81.4 Å². The van der Waals surface area contributed by atoms with E-state index in [4.69, 9.17) is 38.9 Å². The second-order valence-electron chi connectivity index (χ2n) is 26.6. The molecule has 0 saturated carbocycles. The van der Waals surface area contributed by atoms with Crippen LogP contribution in [0.2, 0.25) is 0 Å². The normalized spacial score (nSPS) is 12.4. The summed E-state index contributed by atoms with van der Waals surface area (Å²) in [5, 5.41) is 0. The molecule has 9 heterocycles. The van der Waals surface area contributed by atoms with Crippen molar-refractivity contribution in [3.63, 3.8) is 0 Å². The summed E-state index contributed by atoms with van der Waals surface area (Å²) in [5.41, 5.74) is 9.99. The average Bonchev–Trinajstić information content (AvgIpc) is 2.76. The Kier molecular flexibility index (Phi) is 21.2. The number of carbonyl (C=O) groups excluding carboxylic acids is 4. The van der Waals surface area contributed by atoms with Crippen molar-refractivity contribution in [1.82, 2.24) is 19.9 Å². The van der Waals surface area contributed by atoms with Crippen molar-refractivity contribution in [2.75, 3.05) is 26.4 Å². The zero-order valence-corrected chi connectivity index (χ0v) is 54.7. The summed E-state index contributed by atoms with van der Waals surface area (Å²) in [5.74, 6) is -0.947. The third-order valence-electron chi connectivity index (χ3n) is 14.8. The Balaban J connectivity index is 0.0000102. The molecule has 0 fully saturated rings. The summed E-state index contributed by atoms with van der Waals surface area (Å²) >= 11 is 0. The van der Waals surface area contributed by atoms with Gasteiger partial charge in [0, 0.05) is 72.2 Å². The van der Waals surface area contributed by atoms with Crippen LogP contribution in [-0.4, -0.2) is 60.3 Å². The van der Waals surface area contributed by atoms with Crippen molar-refractivity contribution < 1.29 is 73.5 Å². The molecule has 16 nitrogen and oxygen atoms in total. The molecule has 89 heavy (non-hydrogen) atoms. The Bertz CT molecular complexity index is 3480. The van der Waals surface area contributed by atoms with E-state index in [-0.39, 0.29) is 67.4 Å². The number of hydrogen-bond donors (Lipinski definition) is 0. The number of ether oxygens (including phenoxy) is 4. The number of fused-ring (bicyclic) bond motifs is 8. The smallest absolute Gasteiger partial charge is 0.657 e. The fraction of sp³-hybridized carbons (Fsp3) is 0.389. The molecule has 8 bridgehead atoms. The molecule has 7 aromatic rings. The van der Waals surface area contributed by atoms with Crippen molar-refractivity contribution in [2.24, 2.45) is 21.7 Å². The minimum absolute atomic E-state index is 0. The molecule has 17 heteroatoms. The molecule has 0 N–H and O–H groups in total. The van der Waals surface area contributed by atoms with Gasteiger partial charge in [0.05, 0.1) is 70.9 Å². The second-order valence-corrected chi connectivity index (χ2v) is 26.6. The molecular formula is C72H84MnN8O8+4. The van der Waals surface area contributed by atoms with Crippen molar-refractivity contribution in [2.45, 2.75) is 135 Å². The molecule has 7 aromatic heterocycles. The number of aromatic nitrogens is 8. The van der Waals surface area contributed by atoms with Gasteiger partial charge in [-0.3, -0.25) is 19.2 Å². The molecule has 0 aromatic carbocycles. The van der Waals surface area contributed by atoms with E-state index in [1.54, 1.807) is 0 Å². The maximum atomic E-state index is 12.7. The Morgan fingerprint density at radius 1 is 0.360 bits per heavy atom. The van der Waals surface area contributed by atoms with Gasteiger partial charge in [-0.15, -0.1) is 22.1 Å². The van der Waals surface area contributed by atoms with E-state index in [1.165, 1.54) is 0 Å². The molecular weight excluding hydrogens is 1160 g/mol. The van der Waals surface area contributed by atoms with Crippen LogP contribution in [0.1, 0.15) is 132 Å². The molecule has 463 valence electrons. The number of hydrogen-bond acceptors (Lipinski definition) is 10. The van der Waals surface area contributed by atoms with E-state index in [0.29, 0.717) is 96.7 Å². The Hall–Kier alpha value is -8.40. The van der Waals surface area contributed by atoms with Crippen LogP contribution in [0.3, 0.4) is 0 Å². The second kappa shape index (κ2) is 28.4. The van der Waals surface area contributed by atoms with Gasteiger partial charge in [-0.2, -0.15) is 0 Å². The fourth-order valence-corrected chi connectivity index (χ4v) is 10.0. The molecule has 0 spiro atoms. The number of nitrogens with zero attached hydrogens (tertiary/aromatic N) is 8. The number of esters is 4. The van der Waals surface area contributed by atoms with Gasteiger partial charge in [0.2, 0.25) is 0 Å². The summed E-state index contributed by atoms with van der Waals surface area (Å²) < 4.78 is 31.1. The van der Waals surface area contributed by atoms with Crippen molar-refractivity contribution in [1.29, 1.82) is 0 Å². The van der Waals surface area contributed by atoms with E-state index < -0.39 is 21.7 Å². The third kappa shape index (κ3) is 17.1.